The Morgan fingerprint density at radius 1 is 1.39 bits per heavy atom. The van der Waals surface area contributed by atoms with Gasteiger partial charge in [0.05, 0.1) is 12.5 Å². The van der Waals surface area contributed by atoms with Crippen LogP contribution in [-0.2, 0) is 9.53 Å². The third-order valence-corrected chi connectivity index (χ3v) is 4.28. The fourth-order valence-corrected chi connectivity index (χ4v) is 2.45. The number of carbonyl (C=O) groups is 1. The first-order chi connectivity index (χ1) is 8.38. The van der Waals surface area contributed by atoms with Crippen LogP contribution in [0.25, 0.3) is 0 Å². The van der Waals surface area contributed by atoms with E-state index in [9.17, 15) is 4.79 Å². The highest BCUT2D eigenvalue weighted by Crippen LogP contribution is 2.34. The highest BCUT2D eigenvalue weighted by molar-refractivity contribution is 8.32. The van der Waals surface area contributed by atoms with E-state index in [0.29, 0.717) is 6.61 Å². The number of hydrogen-bond acceptors (Lipinski definition) is 2. The predicted molar refractivity (Wildman–Crippen MR) is 83.6 cm³/mol. The van der Waals surface area contributed by atoms with E-state index in [2.05, 4.69) is 25.3 Å². The van der Waals surface area contributed by atoms with Crippen LogP contribution >= 0.6 is 10.0 Å². The van der Waals surface area contributed by atoms with Crippen molar-refractivity contribution in [2.24, 2.45) is 5.92 Å². The normalized spacial score (nSPS) is 20.7. The van der Waals surface area contributed by atoms with Crippen molar-refractivity contribution in [3.8, 4) is 0 Å². The Hall–Kier alpha value is -0.440. The van der Waals surface area contributed by atoms with Crippen LogP contribution in [0.3, 0.4) is 0 Å². The minimum Gasteiger partial charge on any atom is -0.465 e. The van der Waals surface area contributed by atoms with Crippen LogP contribution in [0.4, 0.5) is 0 Å². The molecule has 0 aromatic rings. The molecule has 1 rings (SSSR count). The number of allylic oxidation sites excluding steroid dienone is 1. The van der Waals surface area contributed by atoms with Gasteiger partial charge in [-0.05, 0) is 44.5 Å². The summed E-state index contributed by atoms with van der Waals surface area (Å²) in [6.07, 6.45) is 10.7. The molecule has 0 aromatic carbocycles. The van der Waals surface area contributed by atoms with E-state index in [-0.39, 0.29) is 11.9 Å². The second kappa shape index (κ2) is 8.63. The van der Waals surface area contributed by atoms with Gasteiger partial charge in [-0.1, -0.05) is 26.0 Å². The molecule has 1 atom stereocenters. The van der Waals surface area contributed by atoms with E-state index in [1.165, 1.54) is 5.57 Å². The lowest BCUT2D eigenvalue weighted by Gasteiger charge is -2.26. The summed E-state index contributed by atoms with van der Waals surface area (Å²) in [7, 11) is -0.556. The molecule has 18 heavy (non-hydrogen) atoms. The van der Waals surface area contributed by atoms with Crippen molar-refractivity contribution in [1.29, 1.82) is 0 Å². The first kappa shape index (κ1) is 17.6. The summed E-state index contributed by atoms with van der Waals surface area (Å²) in [6, 6.07) is 0. The average molecular weight is 274 g/mol. The molecule has 2 nitrogen and oxygen atoms in total. The van der Waals surface area contributed by atoms with Gasteiger partial charge in [0.1, 0.15) is 0 Å². The zero-order chi connectivity index (χ0) is 14.2. The van der Waals surface area contributed by atoms with Gasteiger partial charge in [0.15, 0.2) is 0 Å². The topological polar surface area (TPSA) is 26.3 Å². The fourth-order valence-electron chi connectivity index (χ4n) is 1.86. The van der Waals surface area contributed by atoms with Crippen molar-refractivity contribution < 1.29 is 9.53 Å². The molecule has 0 aromatic heterocycles. The van der Waals surface area contributed by atoms with Gasteiger partial charge in [-0.15, -0.1) is 0 Å². The van der Waals surface area contributed by atoms with Crippen molar-refractivity contribution in [2.45, 2.75) is 39.5 Å². The minimum absolute atomic E-state index is 0.00972. The Morgan fingerprint density at radius 2 is 2.00 bits per heavy atom. The summed E-state index contributed by atoms with van der Waals surface area (Å²) in [6.45, 7) is 8.55. The lowest BCUT2D eigenvalue weighted by molar-refractivity contribution is -0.148. The molecule has 0 N–H and O–H groups in total. The van der Waals surface area contributed by atoms with Crippen molar-refractivity contribution in [2.75, 3.05) is 31.1 Å². The monoisotopic (exact) mass is 274 g/mol. The minimum atomic E-state index is -0.556. The third kappa shape index (κ3) is 7.80. The van der Waals surface area contributed by atoms with Crippen molar-refractivity contribution in [3.63, 3.8) is 0 Å². The standard InChI is InChI=1S/C13H24O2S.C2H6/c1-11-6-5-7-12(10-11)13(14)15-8-9-16(2,3)4;1-2/h12H,1,5-10H2,2-4H3;1-2H3. The molecule has 0 aliphatic heterocycles. The van der Waals surface area contributed by atoms with E-state index in [1.807, 2.05) is 13.8 Å². The van der Waals surface area contributed by atoms with Crippen molar-refractivity contribution in [3.05, 3.63) is 12.2 Å². The molecule has 1 aliphatic carbocycles. The van der Waals surface area contributed by atoms with Crippen LogP contribution in [0.15, 0.2) is 12.2 Å². The predicted octanol–water partition coefficient (Wildman–Crippen LogP) is 4.00. The van der Waals surface area contributed by atoms with Gasteiger partial charge in [-0.25, -0.2) is 10.0 Å². The van der Waals surface area contributed by atoms with Gasteiger partial charge in [0.2, 0.25) is 0 Å². The number of ether oxygens (including phenoxy) is 1. The Kier molecular flexibility index (Phi) is 8.41. The molecular formula is C15H30O2S. The van der Waals surface area contributed by atoms with E-state index in [4.69, 9.17) is 4.74 Å². The van der Waals surface area contributed by atoms with E-state index in [1.54, 1.807) is 0 Å². The van der Waals surface area contributed by atoms with Crippen LogP contribution in [0.1, 0.15) is 39.5 Å². The Bertz CT molecular complexity index is 266. The van der Waals surface area contributed by atoms with Crippen LogP contribution in [0.2, 0.25) is 0 Å². The van der Waals surface area contributed by atoms with Gasteiger partial charge >= 0.3 is 5.97 Å². The summed E-state index contributed by atoms with van der Waals surface area (Å²) in [5.74, 6) is 1.08. The third-order valence-electron chi connectivity index (χ3n) is 2.89. The molecule has 1 unspecified atom stereocenters. The quantitative estimate of drug-likeness (QED) is 0.572. The molecule has 108 valence electrons. The van der Waals surface area contributed by atoms with Crippen LogP contribution < -0.4 is 0 Å². The highest BCUT2D eigenvalue weighted by atomic mass is 32.3. The summed E-state index contributed by atoms with van der Waals surface area (Å²) >= 11 is 0. The molecule has 0 heterocycles. The molecular weight excluding hydrogens is 244 g/mol. The van der Waals surface area contributed by atoms with E-state index < -0.39 is 10.0 Å². The second-order valence-corrected chi connectivity index (χ2v) is 10.1. The first-order valence-corrected chi connectivity index (χ1v) is 9.90. The van der Waals surface area contributed by atoms with Gasteiger partial charge in [0.25, 0.3) is 0 Å². The number of esters is 1. The van der Waals surface area contributed by atoms with Crippen LogP contribution in [0.5, 0.6) is 0 Å². The Balaban J connectivity index is 0.00000137. The molecule has 0 saturated heterocycles. The van der Waals surface area contributed by atoms with Crippen LogP contribution in [-0.4, -0.2) is 37.1 Å². The summed E-state index contributed by atoms with van der Waals surface area (Å²) in [5.41, 5.74) is 1.20. The smallest absolute Gasteiger partial charge is 0.309 e. The first-order valence-electron chi connectivity index (χ1n) is 6.88. The molecule has 0 spiro atoms. The zero-order valence-corrected chi connectivity index (χ0v) is 13.6. The van der Waals surface area contributed by atoms with Gasteiger partial charge < -0.3 is 4.74 Å². The Morgan fingerprint density at radius 3 is 2.50 bits per heavy atom. The molecule has 3 heteroatoms. The largest absolute Gasteiger partial charge is 0.465 e. The van der Waals surface area contributed by atoms with E-state index >= 15 is 0 Å². The van der Waals surface area contributed by atoms with Crippen LogP contribution in [0, 0.1) is 5.92 Å². The number of carbonyl (C=O) groups excluding carboxylic acids is 1. The summed E-state index contributed by atoms with van der Waals surface area (Å²) in [4.78, 5) is 11.8. The maximum Gasteiger partial charge on any atom is 0.309 e. The number of rotatable bonds is 4. The fraction of sp³-hybridized carbons (Fsp3) is 0.800. The number of hydrogen-bond donors (Lipinski definition) is 0. The molecule has 0 radical (unpaired) electrons. The van der Waals surface area contributed by atoms with Gasteiger partial charge in [-0.3, -0.25) is 4.79 Å². The molecule has 0 amide bonds. The summed E-state index contributed by atoms with van der Waals surface area (Å²) in [5, 5.41) is 0. The molecule has 1 fully saturated rings. The molecule has 1 aliphatic rings. The Labute approximate surface area is 114 Å². The lowest BCUT2D eigenvalue weighted by Crippen LogP contribution is -2.23. The average Bonchev–Trinajstić information content (AvgIpc) is 2.30. The molecule has 1 saturated carbocycles. The highest BCUT2D eigenvalue weighted by Gasteiger charge is 2.24. The van der Waals surface area contributed by atoms with Gasteiger partial charge in [-0.2, -0.15) is 0 Å². The molecule has 0 bridgehead atoms. The van der Waals surface area contributed by atoms with E-state index in [0.717, 1.165) is 31.4 Å². The zero-order valence-electron chi connectivity index (χ0n) is 12.8. The lowest BCUT2D eigenvalue weighted by atomic mass is 9.86. The van der Waals surface area contributed by atoms with Crippen molar-refractivity contribution in [1.82, 2.24) is 0 Å². The SMILES string of the molecule is C=C1CCCC(C(=O)OCCS(C)(C)C)C1.CC. The second-order valence-electron chi connectivity index (χ2n) is 5.51. The maximum atomic E-state index is 11.8. The van der Waals surface area contributed by atoms with Gasteiger partial charge in [0, 0.05) is 5.75 Å². The van der Waals surface area contributed by atoms with Crippen molar-refractivity contribution >= 4 is 16.0 Å². The summed E-state index contributed by atoms with van der Waals surface area (Å²) < 4.78 is 5.35. The maximum absolute atomic E-state index is 11.8.